The van der Waals surface area contributed by atoms with Crippen molar-refractivity contribution in [1.82, 2.24) is 36.4 Å². The van der Waals surface area contributed by atoms with E-state index in [1.165, 1.54) is 11.8 Å². The molecule has 246 valence electrons. The van der Waals surface area contributed by atoms with Crippen LogP contribution < -0.4 is 32.3 Å². The highest BCUT2D eigenvalue weighted by molar-refractivity contribution is 5.96. The van der Waals surface area contributed by atoms with Gasteiger partial charge in [0.05, 0.1) is 32.8 Å². The highest BCUT2D eigenvalue weighted by Gasteiger charge is 2.37. The Morgan fingerprint density at radius 3 is 1.95 bits per heavy atom. The highest BCUT2D eigenvalue weighted by Crippen LogP contribution is 2.19. The fourth-order valence-electron chi connectivity index (χ4n) is 4.79. The summed E-state index contributed by atoms with van der Waals surface area (Å²) in [6, 6.07) is -6.20. The van der Waals surface area contributed by atoms with Gasteiger partial charge in [0.15, 0.2) is 0 Å². The predicted molar refractivity (Wildman–Crippen MR) is 148 cm³/mol. The van der Waals surface area contributed by atoms with Gasteiger partial charge in [-0.25, -0.2) is 4.79 Å². The maximum absolute atomic E-state index is 12.8. The van der Waals surface area contributed by atoms with Crippen LogP contribution in [0.3, 0.4) is 0 Å². The molecule has 19 nitrogen and oxygen atoms in total. The molecule has 2 aliphatic rings. The van der Waals surface area contributed by atoms with Gasteiger partial charge in [-0.1, -0.05) is 0 Å². The molecule has 0 saturated carbocycles. The van der Waals surface area contributed by atoms with Crippen LogP contribution in [0.5, 0.6) is 0 Å². The van der Waals surface area contributed by atoms with Gasteiger partial charge >= 0.3 is 5.97 Å². The van der Waals surface area contributed by atoms with Gasteiger partial charge in [0.25, 0.3) is 0 Å². The second kappa shape index (κ2) is 17.1. The largest absolute Gasteiger partial charge is 0.480 e. The SMILES string of the molecule is C[C@H](NC(=O)CNC(=O)[C@H](CO)NC(=O)[C@H](CO)NC(=O)[C@@H]1CCCN1C(=O)CNC(=O)CN)C(=O)N1CCC[C@H]1C(=O)O. The van der Waals surface area contributed by atoms with Gasteiger partial charge < -0.3 is 57.4 Å². The average molecular weight is 629 g/mol. The van der Waals surface area contributed by atoms with E-state index in [0.717, 1.165) is 4.90 Å². The minimum atomic E-state index is -1.59. The van der Waals surface area contributed by atoms with E-state index in [1.807, 2.05) is 0 Å². The van der Waals surface area contributed by atoms with E-state index in [1.54, 1.807) is 0 Å². The Morgan fingerprint density at radius 1 is 0.773 bits per heavy atom. The van der Waals surface area contributed by atoms with Crippen molar-refractivity contribution in [1.29, 1.82) is 0 Å². The number of hydrogen-bond acceptors (Lipinski definition) is 11. The maximum atomic E-state index is 12.8. The molecule has 19 heteroatoms. The van der Waals surface area contributed by atoms with Crippen LogP contribution >= 0.6 is 0 Å². The van der Waals surface area contributed by atoms with Crippen molar-refractivity contribution in [2.75, 3.05) is 45.9 Å². The molecule has 0 aromatic heterocycles. The van der Waals surface area contributed by atoms with Crippen LogP contribution in [-0.4, -0.2) is 149 Å². The number of carboxylic acids is 1. The summed E-state index contributed by atoms with van der Waals surface area (Å²) >= 11 is 0. The molecule has 2 rings (SSSR count). The van der Waals surface area contributed by atoms with E-state index in [9.17, 15) is 53.7 Å². The Labute approximate surface area is 252 Å². The number of amides is 7. The van der Waals surface area contributed by atoms with Crippen molar-refractivity contribution in [2.45, 2.75) is 62.8 Å². The lowest BCUT2D eigenvalue weighted by molar-refractivity contribution is -0.149. The first-order valence-corrected chi connectivity index (χ1v) is 14.0. The molecule has 0 radical (unpaired) electrons. The minimum Gasteiger partial charge on any atom is -0.480 e. The fraction of sp³-hybridized carbons (Fsp3) is 0.680. The van der Waals surface area contributed by atoms with Gasteiger partial charge in [-0.05, 0) is 32.6 Å². The third-order valence-corrected chi connectivity index (χ3v) is 7.12. The summed E-state index contributed by atoms with van der Waals surface area (Å²) in [5, 5.41) is 39.9. The van der Waals surface area contributed by atoms with E-state index in [0.29, 0.717) is 19.3 Å². The number of aliphatic carboxylic acids is 1. The summed E-state index contributed by atoms with van der Waals surface area (Å²) in [6.07, 6.45) is 1.53. The predicted octanol–water partition coefficient (Wildman–Crippen LogP) is -6.30. The Morgan fingerprint density at radius 2 is 1.36 bits per heavy atom. The summed E-state index contributed by atoms with van der Waals surface area (Å²) in [5.74, 6) is -6.44. The zero-order valence-corrected chi connectivity index (χ0v) is 24.2. The number of rotatable bonds is 15. The van der Waals surface area contributed by atoms with E-state index < -0.39 is 97.3 Å². The molecule has 7 amide bonds. The number of nitrogens with zero attached hydrogens (tertiary/aromatic N) is 2. The molecule has 44 heavy (non-hydrogen) atoms. The second-order valence-corrected chi connectivity index (χ2v) is 10.2. The van der Waals surface area contributed by atoms with Crippen LogP contribution in [0.15, 0.2) is 0 Å². The molecule has 0 aromatic rings. The summed E-state index contributed by atoms with van der Waals surface area (Å²) < 4.78 is 0. The number of carbonyl (C=O) groups excluding carboxylic acids is 7. The topological polar surface area (TPSA) is 290 Å². The quantitative estimate of drug-likeness (QED) is 0.0818. The number of aliphatic hydroxyl groups is 2. The number of aliphatic hydroxyl groups excluding tert-OH is 2. The first-order valence-electron chi connectivity index (χ1n) is 14.0. The zero-order chi connectivity index (χ0) is 33.0. The molecule has 2 fully saturated rings. The molecule has 2 saturated heterocycles. The van der Waals surface area contributed by atoms with Crippen molar-refractivity contribution in [3.05, 3.63) is 0 Å². The molecule has 10 N–H and O–H groups in total. The van der Waals surface area contributed by atoms with E-state index >= 15 is 0 Å². The van der Waals surface area contributed by atoms with Crippen LogP contribution in [0.1, 0.15) is 32.6 Å². The lowest BCUT2D eigenvalue weighted by Gasteiger charge is -2.26. The Bertz CT molecular complexity index is 1120. The van der Waals surface area contributed by atoms with Gasteiger partial charge in [0.2, 0.25) is 41.4 Å². The molecule has 0 aliphatic carbocycles. The van der Waals surface area contributed by atoms with Gasteiger partial charge in [0, 0.05) is 13.1 Å². The van der Waals surface area contributed by atoms with Crippen LogP contribution in [0.2, 0.25) is 0 Å². The Hall–Kier alpha value is -4.36. The van der Waals surface area contributed by atoms with E-state index in [-0.39, 0.29) is 32.6 Å². The van der Waals surface area contributed by atoms with Crippen molar-refractivity contribution >= 4 is 47.3 Å². The lowest BCUT2D eigenvalue weighted by Crippen LogP contribution is -2.59. The highest BCUT2D eigenvalue weighted by atomic mass is 16.4. The van der Waals surface area contributed by atoms with E-state index in [4.69, 9.17) is 5.73 Å². The van der Waals surface area contributed by atoms with Gasteiger partial charge in [-0.2, -0.15) is 0 Å². The number of nitrogens with two attached hydrogens (primary N) is 1. The standard InChI is InChI=1S/C25H40N8O11/c1-13(24(42)33-7-3-5-17(33)25(43)44)29-19(37)9-28-21(39)14(11-34)30-22(40)15(12-35)31-23(41)16-4-2-6-32(16)20(38)10-27-18(36)8-26/h13-17,34-35H,2-12,26H2,1H3,(H,27,36)(H,28,39)(H,29,37)(H,30,40)(H,31,41)(H,43,44)/t13-,14-,15-,16-,17-/m0/s1. The van der Waals surface area contributed by atoms with E-state index in [2.05, 4.69) is 26.6 Å². The third-order valence-electron chi connectivity index (χ3n) is 7.12. The van der Waals surface area contributed by atoms with Crippen LogP contribution in [0.4, 0.5) is 0 Å². The monoisotopic (exact) mass is 628 g/mol. The van der Waals surface area contributed by atoms with Gasteiger partial charge in [-0.15, -0.1) is 0 Å². The van der Waals surface area contributed by atoms with Gasteiger partial charge in [-0.3, -0.25) is 33.6 Å². The number of carbonyl (C=O) groups is 8. The molecule has 0 unspecified atom stereocenters. The molecule has 5 atom stereocenters. The molecule has 0 bridgehead atoms. The Balaban J connectivity index is 1.86. The number of hydrogen-bond donors (Lipinski definition) is 9. The third kappa shape index (κ3) is 9.85. The lowest BCUT2D eigenvalue weighted by atomic mass is 10.1. The fourth-order valence-corrected chi connectivity index (χ4v) is 4.79. The zero-order valence-electron chi connectivity index (χ0n) is 24.2. The number of likely N-dealkylation sites (tertiary alicyclic amines) is 2. The first-order chi connectivity index (χ1) is 20.8. The summed E-state index contributed by atoms with van der Waals surface area (Å²) in [7, 11) is 0. The van der Waals surface area contributed by atoms with Crippen LogP contribution in [0.25, 0.3) is 0 Å². The Kier molecular flexibility index (Phi) is 13.9. The van der Waals surface area contributed by atoms with Crippen molar-refractivity contribution < 1.29 is 53.7 Å². The molecular weight excluding hydrogens is 588 g/mol. The number of carboxylic acid groups (broad SMARTS) is 1. The van der Waals surface area contributed by atoms with Crippen molar-refractivity contribution in [2.24, 2.45) is 5.73 Å². The maximum Gasteiger partial charge on any atom is 0.326 e. The minimum absolute atomic E-state index is 0.222. The smallest absolute Gasteiger partial charge is 0.326 e. The second-order valence-electron chi connectivity index (χ2n) is 10.2. The number of nitrogens with one attached hydrogen (secondary N) is 5. The summed E-state index contributed by atoms with van der Waals surface area (Å²) in [5.41, 5.74) is 5.19. The summed E-state index contributed by atoms with van der Waals surface area (Å²) in [6.45, 7) is -1.34. The van der Waals surface area contributed by atoms with Crippen LogP contribution in [0, 0.1) is 0 Å². The average Bonchev–Trinajstić information content (AvgIpc) is 3.70. The molecule has 2 aliphatic heterocycles. The normalized spacial score (nSPS) is 19.7. The van der Waals surface area contributed by atoms with Crippen molar-refractivity contribution in [3.8, 4) is 0 Å². The first kappa shape index (κ1) is 35.8. The molecule has 0 spiro atoms. The van der Waals surface area contributed by atoms with Gasteiger partial charge in [0.1, 0.15) is 30.2 Å². The van der Waals surface area contributed by atoms with Crippen molar-refractivity contribution in [3.63, 3.8) is 0 Å². The molecule has 2 heterocycles. The molecular formula is C25H40N8O11. The summed E-state index contributed by atoms with van der Waals surface area (Å²) in [4.78, 5) is 100. The molecule has 0 aromatic carbocycles. The van der Waals surface area contributed by atoms with Crippen LogP contribution in [-0.2, 0) is 38.4 Å².